The maximum atomic E-state index is 11.7. The van der Waals surface area contributed by atoms with Gasteiger partial charge in [-0.05, 0) is 44.1 Å². The van der Waals surface area contributed by atoms with E-state index in [1.165, 1.54) is 18.4 Å². The molecular formula is C18H28IN3O2. The van der Waals surface area contributed by atoms with Crippen molar-refractivity contribution >= 4 is 35.9 Å². The zero-order chi connectivity index (χ0) is 16.3. The Morgan fingerprint density at radius 3 is 2.67 bits per heavy atom. The number of benzene rings is 1. The second-order valence-electron chi connectivity index (χ2n) is 5.93. The van der Waals surface area contributed by atoms with Gasteiger partial charge in [-0.15, -0.1) is 24.0 Å². The van der Waals surface area contributed by atoms with Gasteiger partial charge in [0.1, 0.15) is 6.10 Å². The van der Waals surface area contributed by atoms with Crippen LogP contribution in [0.1, 0.15) is 44.1 Å². The van der Waals surface area contributed by atoms with E-state index in [9.17, 15) is 4.79 Å². The summed E-state index contributed by atoms with van der Waals surface area (Å²) in [5.41, 5.74) is 7.08. The van der Waals surface area contributed by atoms with Gasteiger partial charge in [-0.3, -0.25) is 9.79 Å². The van der Waals surface area contributed by atoms with Crippen LogP contribution in [0.5, 0.6) is 0 Å². The minimum atomic E-state index is -0.109. The Labute approximate surface area is 161 Å². The molecule has 0 spiro atoms. The van der Waals surface area contributed by atoms with Crippen molar-refractivity contribution in [2.45, 2.75) is 51.0 Å². The number of halogens is 1. The number of esters is 1. The van der Waals surface area contributed by atoms with E-state index in [4.69, 9.17) is 10.5 Å². The van der Waals surface area contributed by atoms with E-state index in [1.54, 1.807) is 0 Å². The summed E-state index contributed by atoms with van der Waals surface area (Å²) in [7, 11) is 0. The van der Waals surface area contributed by atoms with Crippen molar-refractivity contribution in [1.82, 2.24) is 5.32 Å². The zero-order valence-electron chi connectivity index (χ0n) is 14.1. The molecule has 0 radical (unpaired) electrons. The van der Waals surface area contributed by atoms with Gasteiger partial charge in [0.2, 0.25) is 0 Å². The zero-order valence-corrected chi connectivity index (χ0v) is 16.4. The van der Waals surface area contributed by atoms with Crippen molar-refractivity contribution in [3.8, 4) is 0 Å². The third kappa shape index (κ3) is 8.52. The summed E-state index contributed by atoms with van der Waals surface area (Å²) in [6.07, 6.45) is 6.52. The van der Waals surface area contributed by atoms with E-state index < -0.39 is 0 Å². The van der Waals surface area contributed by atoms with Gasteiger partial charge in [-0.2, -0.15) is 0 Å². The third-order valence-electron chi connectivity index (χ3n) is 3.98. The Balaban J connectivity index is 0.00000288. The van der Waals surface area contributed by atoms with Crippen LogP contribution in [0.4, 0.5) is 0 Å². The molecule has 6 heteroatoms. The highest BCUT2D eigenvalue weighted by molar-refractivity contribution is 14.0. The molecule has 0 saturated heterocycles. The molecule has 0 amide bonds. The summed E-state index contributed by atoms with van der Waals surface area (Å²) in [5, 5.41) is 3.09. The van der Waals surface area contributed by atoms with E-state index in [0.717, 1.165) is 25.8 Å². The predicted octanol–water partition coefficient (Wildman–Crippen LogP) is 3.02. The number of carbonyl (C=O) groups is 1. The van der Waals surface area contributed by atoms with Crippen molar-refractivity contribution in [2.24, 2.45) is 10.7 Å². The van der Waals surface area contributed by atoms with Gasteiger partial charge in [0.15, 0.2) is 5.96 Å². The SMILES string of the molecule is I.NC(=NCCCC(=O)OC1CCCC1)NCCc1ccccc1. The second kappa shape index (κ2) is 12.1. The number of hydrogen-bond acceptors (Lipinski definition) is 3. The fourth-order valence-corrected chi connectivity index (χ4v) is 2.71. The average molecular weight is 445 g/mol. The van der Waals surface area contributed by atoms with Crippen molar-refractivity contribution < 1.29 is 9.53 Å². The molecule has 1 saturated carbocycles. The van der Waals surface area contributed by atoms with Crippen LogP contribution in [-0.4, -0.2) is 31.1 Å². The number of aliphatic imine (C=N–C) groups is 1. The van der Waals surface area contributed by atoms with E-state index >= 15 is 0 Å². The van der Waals surface area contributed by atoms with Crippen LogP contribution in [0.3, 0.4) is 0 Å². The van der Waals surface area contributed by atoms with Crippen molar-refractivity contribution in [1.29, 1.82) is 0 Å². The molecule has 1 fully saturated rings. The number of nitrogens with two attached hydrogens (primary N) is 1. The smallest absolute Gasteiger partial charge is 0.306 e. The van der Waals surface area contributed by atoms with Crippen LogP contribution in [0.25, 0.3) is 0 Å². The highest BCUT2D eigenvalue weighted by atomic mass is 127. The minimum Gasteiger partial charge on any atom is -0.462 e. The molecule has 5 nitrogen and oxygen atoms in total. The molecule has 0 unspecified atom stereocenters. The van der Waals surface area contributed by atoms with Crippen molar-refractivity contribution in [3.05, 3.63) is 35.9 Å². The first-order valence-electron chi connectivity index (χ1n) is 8.51. The first kappa shape index (κ1) is 20.7. The molecule has 0 bridgehead atoms. The van der Waals surface area contributed by atoms with Crippen LogP contribution in [-0.2, 0) is 16.0 Å². The Bertz CT molecular complexity index is 502. The maximum Gasteiger partial charge on any atom is 0.306 e. The summed E-state index contributed by atoms with van der Waals surface area (Å²) in [6.45, 7) is 1.30. The molecule has 2 rings (SSSR count). The summed E-state index contributed by atoms with van der Waals surface area (Å²) in [5.74, 6) is 0.327. The van der Waals surface area contributed by atoms with Gasteiger partial charge < -0.3 is 15.8 Å². The fourth-order valence-electron chi connectivity index (χ4n) is 2.71. The molecule has 24 heavy (non-hydrogen) atoms. The predicted molar refractivity (Wildman–Crippen MR) is 108 cm³/mol. The number of nitrogens with one attached hydrogen (secondary N) is 1. The number of hydrogen-bond donors (Lipinski definition) is 2. The fraction of sp³-hybridized carbons (Fsp3) is 0.556. The Kier molecular flexibility index (Phi) is 10.5. The second-order valence-corrected chi connectivity index (χ2v) is 5.93. The molecule has 0 aliphatic heterocycles. The molecule has 3 N–H and O–H groups in total. The molecule has 134 valence electrons. The van der Waals surface area contributed by atoms with E-state index in [0.29, 0.717) is 25.3 Å². The highest BCUT2D eigenvalue weighted by Crippen LogP contribution is 2.21. The third-order valence-corrected chi connectivity index (χ3v) is 3.98. The van der Waals surface area contributed by atoms with Gasteiger partial charge in [0.05, 0.1) is 0 Å². The first-order valence-corrected chi connectivity index (χ1v) is 8.51. The lowest BCUT2D eigenvalue weighted by Gasteiger charge is -2.10. The monoisotopic (exact) mass is 445 g/mol. The number of guanidine groups is 1. The molecular weight excluding hydrogens is 417 g/mol. The summed E-state index contributed by atoms with van der Waals surface area (Å²) >= 11 is 0. The Hall–Kier alpha value is -1.31. The minimum absolute atomic E-state index is 0. The molecule has 0 aromatic heterocycles. The van der Waals surface area contributed by atoms with Crippen LogP contribution in [0.15, 0.2) is 35.3 Å². The van der Waals surface area contributed by atoms with Gasteiger partial charge in [0, 0.05) is 19.5 Å². The Morgan fingerprint density at radius 1 is 1.25 bits per heavy atom. The maximum absolute atomic E-state index is 11.7. The van der Waals surface area contributed by atoms with Crippen LogP contribution in [0, 0.1) is 0 Å². The molecule has 1 aromatic rings. The Morgan fingerprint density at radius 2 is 1.96 bits per heavy atom. The van der Waals surface area contributed by atoms with Crippen molar-refractivity contribution in [3.63, 3.8) is 0 Å². The summed E-state index contributed by atoms with van der Waals surface area (Å²) < 4.78 is 5.40. The lowest BCUT2D eigenvalue weighted by Crippen LogP contribution is -2.33. The summed E-state index contributed by atoms with van der Waals surface area (Å²) in [4.78, 5) is 15.9. The topological polar surface area (TPSA) is 76.7 Å². The van der Waals surface area contributed by atoms with E-state index in [2.05, 4.69) is 22.4 Å². The normalized spacial score (nSPS) is 14.9. The van der Waals surface area contributed by atoms with Crippen molar-refractivity contribution in [2.75, 3.05) is 13.1 Å². The van der Waals surface area contributed by atoms with Gasteiger partial charge in [0.25, 0.3) is 0 Å². The van der Waals surface area contributed by atoms with E-state index in [1.807, 2.05) is 18.2 Å². The lowest BCUT2D eigenvalue weighted by atomic mass is 10.1. The van der Waals surface area contributed by atoms with Crippen LogP contribution >= 0.6 is 24.0 Å². The molecule has 1 aromatic carbocycles. The molecule has 1 aliphatic carbocycles. The van der Waals surface area contributed by atoms with Gasteiger partial charge in [-0.1, -0.05) is 30.3 Å². The molecule has 0 atom stereocenters. The lowest BCUT2D eigenvalue weighted by molar-refractivity contribution is -0.148. The molecule has 0 heterocycles. The first-order chi connectivity index (χ1) is 11.2. The average Bonchev–Trinajstić information content (AvgIpc) is 3.05. The van der Waals surface area contributed by atoms with Crippen LogP contribution < -0.4 is 11.1 Å². The number of nitrogens with zero attached hydrogens (tertiary/aromatic N) is 1. The van der Waals surface area contributed by atoms with E-state index in [-0.39, 0.29) is 36.0 Å². The standard InChI is InChI=1S/C18H27N3O2.HI/c19-18(21-14-12-15-7-2-1-3-8-15)20-13-6-11-17(22)23-16-9-4-5-10-16;/h1-3,7-8,16H,4-6,9-14H2,(H3,19,20,21);1H. The number of ether oxygens (including phenoxy) is 1. The quantitative estimate of drug-likeness (QED) is 0.212. The van der Waals surface area contributed by atoms with Crippen LogP contribution in [0.2, 0.25) is 0 Å². The van der Waals surface area contributed by atoms with Gasteiger partial charge >= 0.3 is 5.97 Å². The van der Waals surface area contributed by atoms with Gasteiger partial charge in [-0.25, -0.2) is 0 Å². The summed E-state index contributed by atoms with van der Waals surface area (Å²) in [6, 6.07) is 10.2. The number of carbonyl (C=O) groups excluding carboxylic acids is 1. The number of rotatable bonds is 8. The largest absolute Gasteiger partial charge is 0.462 e. The molecule has 1 aliphatic rings. The highest BCUT2D eigenvalue weighted by Gasteiger charge is 2.18.